The SMILES string of the molecule is Cc1cc(C(=O)N2CCC([C@H]3OCC[C@@H]3C(N)=O)CC2)ccc1Cl. The summed E-state index contributed by atoms with van der Waals surface area (Å²) in [6.45, 7) is 3.85. The van der Waals surface area contributed by atoms with E-state index >= 15 is 0 Å². The predicted molar refractivity (Wildman–Crippen MR) is 91.9 cm³/mol. The third-order valence-corrected chi connectivity index (χ3v) is 5.62. The lowest BCUT2D eigenvalue weighted by Crippen LogP contribution is -2.44. The van der Waals surface area contributed by atoms with Crippen LogP contribution < -0.4 is 5.73 Å². The number of carbonyl (C=O) groups excluding carboxylic acids is 2. The molecule has 2 aliphatic rings. The first-order chi connectivity index (χ1) is 11.5. The van der Waals surface area contributed by atoms with Crippen LogP contribution in [-0.4, -0.2) is 42.5 Å². The van der Waals surface area contributed by atoms with Crippen LogP contribution in [0.5, 0.6) is 0 Å². The summed E-state index contributed by atoms with van der Waals surface area (Å²) in [5.41, 5.74) is 7.05. The summed E-state index contributed by atoms with van der Waals surface area (Å²) in [6.07, 6.45) is 2.31. The zero-order valence-corrected chi connectivity index (χ0v) is 14.6. The van der Waals surface area contributed by atoms with Crippen molar-refractivity contribution in [3.8, 4) is 0 Å². The van der Waals surface area contributed by atoms with Crippen LogP contribution in [0.15, 0.2) is 18.2 Å². The van der Waals surface area contributed by atoms with E-state index in [1.165, 1.54) is 0 Å². The number of nitrogens with two attached hydrogens (primary N) is 1. The number of carbonyl (C=O) groups is 2. The van der Waals surface area contributed by atoms with Crippen molar-refractivity contribution in [2.45, 2.75) is 32.3 Å². The van der Waals surface area contributed by atoms with Crippen molar-refractivity contribution in [2.75, 3.05) is 19.7 Å². The Bertz CT molecular complexity index is 641. The number of likely N-dealkylation sites (tertiary alicyclic amines) is 1. The van der Waals surface area contributed by atoms with Crippen LogP contribution >= 0.6 is 11.6 Å². The summed E-state index contributed by atoms with van der Waals surface area (Å²) in [7, 11) is 0. The molecule has 0 radical (unpaired) electrons. The summed E-state index contributed by atoms with van der Waals surface area (Å²) < 4.78 is 5.76. The fourth-order valence-corrected chi connectivity index (χ4v) is 3.89. The molecule has 2 fully saturated rings. The molecule has 0 aromatic heterocycles. The molecule has 0 unspecified atom stereocenters. The van der Waals surface area contributed by atoms with Gasteiger partial charge in [0.15, 0.2) is 0 Å². The van der Waals surface area contributed by atoms with Crippen LogP contribution in [0, 0.1) is 18.8 Å². The normalized spacial score (nSPS) is 25.0. The molecule has 2 atom stereocenters. The minimum absolute atomic E-state index is 0.0343. The lowest BCUT2D eigenvalue weighted by atomic mass is 9.84. The highest BCUT2D eigenvalue weighted by Gasteiger charge is 2.39. The summed E-state index contributed by atoms with van der Waals surface area (Å²) in [5.74, 6) is -0.128. The maximum absolute atomic E-state index is 12.6. The van der Waals surface area contributed by atoms with Gasteiger partial charge < -0.3 is 15.4 Å². The van der Waals surface area contributed by atoms with E-state index in [2.05, 4.69) is 0 Å². The maximum Gasteiger partial charge on any atom is 0.253 e. The Balaban J connectivity index is 1.61. The Morgan fingerprint density at radius 2 is 1.96 bits per heavy atom. The summed E-state index contributed by atoms with van der Waals surface area (Å²) in [6, 6.07) is 5.37. The van der Waals surface area contributed by atoms with Crippen molar-refractivity contribution in [2.24, 2.45) is 17.6 Å². The van der Waals surface area contributed by atoms with Gasteiger partial charge in [0.25, 0.3) is 5.91 Å². The first-order valence-electron chi connectivity index (χ1n) is 8.43. The first-order valence-corrected chi connectivity index (χ1v) is 8.81. The van der Waals surface area contributed by atoms with E-state index in [0.717, 1.165) is 18.4 Å². The largest absolute Gasteiger partial charge is 0.377 e. The molecule has 130 valence electrons. The Morgan fingerprint density at radius 1 is 1.25 bits per heavy atom. The molecular weight excluding hydrogens is 328 g/mol. The van der Waals surface area contributed by atoms with Gasteiger partial charge in [0.1, 0.15) is 0 Å². The summed E-state index contributed by atoms with van der Waals surface area (Å²) in [5, 5.41) is 0.668. The maximum atomic E-state index is 12.6. The molecule has 1 aromatic carbocycles. The van der Waals surface area contributed by atoms with Crippen LogP contribution in [0.2, 0.25) is 5.02 Å². The highest BCUT2D eigenvalue weighted by Crippen LogP contribution is 2.33. The van der Waals surface area contributed by atoms with Gasteiger partial charge in [-0.3, -0.25) is 9.59 Å². The van der Waals surface area contributed by atoms with Crippen LogP contribution in [0.25, 0.3) is 0 Å². The number of amides is 2. The number of halogens is 1. The molecule has 3 rings (SSSR count). The smallest absolute Gasteiger partial charge is 0.253 e. The van der Waals surface area contributed by atoms with Gasteiger partial charge >= 0.3 is 0 Å². The molecule has 2 heterocycles. The Kier molecular flexibility index (Phi) is 5.11. The third-order valence-electron chi connectivity index (χ3n) is 5.20. The minimum atomic E-state index is -0.271. The van der Waals surface area contributed by atoms with Crippen molar-refractivity contribution in [1.29, 1.82) is 0 Å². The Hall–Kier alpha value is -1.59. The van der Waals surface area contributed by atoms with Crippen molar-refractivity contribution >= 4 is 23.4 Å². The van der Waals surface area contributed by atoms with E-state index in [-0.39, 0.29) is 23.8 Å². The lowest BCUT2D eigenvalue weighted by Gasteiger charge is -2.35. The van der Waals surface area contributed by atoms with Crippen molar-refractivity contribution < 1.29 is 14.3 Å². The second kappa shape index (κ2) is 7.11. The van der Waals surface area contributed by atoms with Crippen LogP contribution in [0.3, 0.4) is 0 Å². The second-order valence-corrected chi connectivity index (χ2v) is 7.13. The topological polar surface area (TPSA) is 72.6 Å². The highest BCUT2D eigenvalue weighted by atomic mass is 35.5. The fourth-order valence-electron chi connectivity index (χ4n) is 3.77. The van der Waals surface area contributed by atoms with Gasteiger partial charge in [0, 0.05) is 30.3 Å². The zero-order valence-electron chi connectivity index (χ0n) is 13.8. The van der Waals surface area contributed by atoms with Crippen molar-refractivity contribution in [1.82, 2.24) is 4.90 Å². The standard InChI is InChI=1S/C18H23ClN2O3/c1-11-10-13(2-3-15(11)19)18(23)21-7-4-12(5-8-21)16-14(17(20)22)6-9-24-16/h2-3,10,12,14,16H,4-9H2,1H3,(H2,20,22)/t14-,16+/m0/s1. The predicted octanol–water partition coefficient (Wildman–Crippen LogP) is 2.39. The molecular formula is C18H23ClN2O3. The number of rotatable bonds is 3. The first kappa shape index (κ1) is 17.2. The van der Waals surface area contributed by atoms with Crippen LogP contribution in [0.1, 0.15) is 35.2 Å². The van der Waals surface area contributed by atoms with Gasteiger partial charge in [0.05, 0.1) is 12.0 Å². The zero-order chi connectivity index (χ0) is 17.3. The molecule has 6 heteroatoms. The lowest BCUT2D eigenvalue weighted by molar-refractivity contribution is -0.124. The summed E-state index contributed by atoms with van der Waals surface area (Å²) in [4.78, 5) is 26.0. The second-order valence-electron chi connectivity index (χ2n) is 6.73. The monoisotopic (exact) mass is 350 g/mol. The molecule has 1 aromatic rings. The molecule has 0 aliphatic carbocycles. The number of aryl methyl sites for hydroxylation is 1. The quantitative estimate of drug-likeness (QED) is 0.909. The number of benzene rings is 1. The van der Waals surface area contributed by atoms with E-state index < -0.39 is 0 Å². The molecule has 2 N–H and O–H groups in total. The molecule has 24 heavy (non-hydrogen) atoms. The molecule has 2 saturated heterocycles. The van der Waals surface area contributed by atoms with Gasteiger partial charge in [0.2, 0.25) is 5.91 Å². The number of nitrogens with zero attached hydrogens (tertiary/aromatic N) is 1. The summed E-state index contributed by atoms with van der Waals surface area (Å²) >= 11 is 6.03. The highest BCUT2D eigenvalue weighted by molar-refractivity contribution is 6.31. The van der Waals surface area contributed by atoms with E-state index in [1.807, 2.05) is 17.9 Å². The fraction of sp³-hybridized carbons (Fsp3) is 0.556. The number of piperidine rings is 1. The Labute approximate surface area is 147 Å². The van der Waals surface area contributed by atoms with Crippen molar-refractivity contribution in [3.05, 3.63) is 34.3 Å². The molecule has 0 bridgehead atoms. The molecule has 0 saturated carbocycles. The number of primary amides is 1. The average molecular weight is 351 g/mol. The van der Waals surface area contributed by atoms with Gasteiger partial charge in [-0.25, -0.2) is 0 Å². The van der Waals surface area contributed by atoms with Gasteiger partial charge in [-0.05, 0) is 55.9 Å². The van der Waals surface area contributed by atoms with E-state index in [1.54, 1.807) is 12.1 Å². The van der Waals surface area contributed by atoms with Crippen LogP contribution in [-0.2, 0) is 9.53 Å². The Morgan fingerprint density at radius 3 is 2.58 bits per heavy atom. The third kappa shape index (κ3) is 3.42. The minimum Gasteiger partial charge on any atom is -0.377 e. The number of hydrogen-bond acceptors (Lipinski definition) is 3. The van der Waals surface area contributed by atoms with E-state index in [0.29, 0.717) is 42.6 Å². The van der Waals surface area contributed by atoms with E-state index in [9.17, 15) is 9.59 Å². The average Bonchev–Trinajstić information content (AvgIpc) is 3.07. The number of hydrogen-bond donors (Lipinski definition) is 1. The molecule has 5 nitrogen and oxygen atoms in total. The van der Waals surface area contributed by atoms with Crippen LogP contribution in [0.4, 0.5) is 0 Å². The van der Waals surface area contributed by atoms with Crippen molar-refractivity contribution in [3.63, 3.8) is 0 Å². The van der Waals surface area contributed by atoms with Gasteiger partial charge in [-0.2, -0.15) is 0 Å². The van der Waals surface area contributed by atoms with Gasteiger partial charge in [-0.1, -0.05) is 11.6 Å². The molecule has 0 spiro atoms. The number of ether oxygens (including phenoxy) is 1. The molecule has 2 aliphatic heterocycles. The van der Waals surface area contributed by atoms with E-state index in [4.69, 9.17) is 22.1 Å². The van der Waals surface area contributed by atoms with Gasteiger partial charge in [-0.15, -0.1) is 0 Å². The molecule has 2 amide bonds.